The molecule has 1 heterocycles. The second-order valence-corrected chi connectivity index (χ2v) is 6.49. The number of rotatable bonds is 6. The van der Waals surface area contributed by atoms with Crippen molar-refractivity contribution in [1.82, 2.24) is 0 Å². The molecule has 1 saturated heterocycles. The van der Waals surface area contributed by atoms with E-state index in [1.165, 1.54) is 0 Å². The molecule has 3 nitrogen and oxygen atoms in total. The van der Waals surface area contributed by atoms with Crippen LogP contribution in [-0.4, -0.2) is 18.2 Å². The summed E-state index contributed by atoms with van der Waals surface area (Å²) in [4.78, 5) is 12.5. The first-order chi connectivity index (χ1) is 10.5. The smallest absolute Gasteiger partial charge is 0.314 e. The maximum Gasteiger partial charge on any atom is 0.314 e. The van der Waals surface area contributed by atoms with Crippen molar-refractivity contribution in [1.29, 1.82) is 0 Å². The lowest BCUT2D eigenvalue weighted by Crippen LogP contribution is -2.44. The molecule has 0 bridgehead atoms. The quantitative estimate of drug-likeness (QED) is 0.581. The van der Waals surface area contributed by atoms with Crippen molar-refractivity contribution < 1.29 is 14.3 Å². The summed E-state index contributed by atoms with van der Waals surface area (Å²) in [5.41, 5.74) is 0.370. The molecule has 1 aromatic rings. The van der Waals surface area contributed by atoms with Gasteiger partial charge in [0.05, 0.1) is 17.6 Å². The first-order valence-electron chi connectivity index (χ1n) is 8.01. The third-order valence-corrected chi connectivity index (χ3v) is 4.32. The molecular formula is C19H26O3. The molecule has 1 aliphatic rings. The van der Waals surface area contributed by atoms with Gasteiger partial charge in [-0.25, -0.2) is 0 Å². The zero-order valence-corrected chi connectivity index (χ0v) is 13.6. The highest BCUT2D eigenvalue weighted by molar-refractivity contribution is 5.76. The van der Waals surface area contributed by atoms with Gasteiger partial charge in [0, 0.05) is 0 Å². The van der Waals surface area contributed by atoms with Gasteiger partial charge < -0.3 is 9.47 Å². The Kier molecular flexibility index (Phi) is 5.78. The monoisotopic (exact) mass is 302 g/mol. The number of hydrogen-bond donors (Lipinski definition) is 0. The maximum atomic E-state index is 12.5. The largest absolute Gasteiger partial charge is 0.460 e. The molecule has 0 radical (unpaired) electrons. The first-order valence-corrected chi connectivity index (χ1v) is 8.01. The van der Waals surface area contributed by atoms with Gasteiger partial charge >= 0.3 is 5.97 Å². The lowest BCUT2D eigenvalue weighted by molar-refractivity contribution is -0.172. The van der Waals surface area contributed by atoms with Crippen molar-refractivity contribution in [3.8, 4) is 0 Å². The Labute approximate surface area is 133 Å². The summed E-state index contributed by atoms with van der Waals surface area (Å²) in [6.07, 6.45) is 5.84. The van der Waals surface area contributed by atoms with Crippen LogP contribution in [0.5, 0.6) is 0 Å². The van der Waals surface area contributed by atoms with E-state index in [0.29, 0.717) is 6.61 Å². The molecule has 0 aromatic heterocycles. The van der Waals surface area contributed by atoms with Gasteiger partial charge in [-0.1, -0.05) is 36.4 Å². The van der Waals surface area contributed by atoms with Crippen LogP contribution in [0.3, 0.4) is 0 Å². The van der Waals surface area contributed by atoms with Crippen LogP contribution in [0.1, 0.15) is 45.1 Å². The molecule has 0 spiro atoms. The molecule has 2 atom stereocenters. The molecule has 2 rings (SSSR count). The highest BCUT2D eigenvalue weighted by Crippen LogP contribution is 2.34. The average molecular weight is 302 g/mol. The summed E-state index contributed by atoms with van der Waals surface area (Å²) < 4.78 is 11.6. The maximum absolute atomic E-state index is 12.5. The summed E-state index contributed by atoms with van der Waals surface area (Å²) in [6.45, 7) is 7.92. The van der Waals surface area contributed by atoms with Crippen molar-refractivity contribution in [2.45, 2.75) is 58.3 Å². The normalized spacial score (nSPS) is 22.1. The van der Waals surface area contributed by atoms with E-state index in [0.717, 1.165) is 31.2 Å². The fourth-order valence-corrected chi connectivity index (χ4v) is 2.83. The predicted molar refractivity (Wildman–Crippen MR) is 87.3 cm³/mol. The summed E-state index contributed by atoms with van der Waals surface area (Å²) in [5.74, 6) is -0.194. The highest BCUT2D eigenvalue weighted by Gasteiger charge is 2.41. The van der Waals surface area contributed by atoms with Crippen molar-refractivity contribution in [2.75, 3.05) is 0 Å². The molecule has 0 saturated carbocycles. The van der Waals surface area contributed by atoms with Crippen molar-refractivity contribution >= 4 is 5.97 Å². The van der Waals surface area contributed by atoms with Crippen LogP contribution in [0.25, 0.3) is 0 Å². The second kappa shape index (κ2) is 7.59. The molecule has 22 heavy (non-hydrogen) atoms. The van der Waals surface area contributed by atoms with Crippen LogP contribution < -0.4 is 0 Å². The minimum atomic E-state index is -0.630. The third kappa shape index (κ3) is 4.20. The van der Waals surface area contributed by atoms with Crippen molar-refractivity contribution in [3.05, 3.63) is 48.6 Å². The van der Waals surface area contributed by atoms with Crippen LogP contribution in [0, 0.1) is 5.41 Å². The lowest BCUT2D eigenvalue weighted by atomic mass is 9.81. The number of carbonyl (C=O) groups is 1. The number of ether oxygens (including phenoxy) is 2. The molecule has 1 aliphatic heterocycles. The van der Waals surface area contributed by atoms with E-state index in [2.05, 4.69) is 6.58 Å². The number of carbonyl (C=O) groups excluding carboxylic acids is 1. The van der Waals surface area contributed by atoms with Crippen LogP contribution in [-0.2, 0) is 20.9 Å². The van der Waals surface area contributed by atoms with E-state index in [1.54, 1.807) is 0 Å². The molecule has 120 valence electrons. The Morgan fingerprint density at radius 2 is 2.09 bits per heavy atom. The standard InChI is InChI=1S/C19H26O3/c1-4-9-16-12-8-13-17(22-16)19(2,3)18(20)21-14-15-10-6-5-7-11-15/h4-7,10-11,16-17H,1,8-9,12-14H2,2-3H3/t16-,17-/m1/s1. The van der Waals surface area contributed by atoms with Crippen LogP contribution in [0.2, 0.25) is 0 Å². The van der Waals surface area contributed by atoms with E-state index in [9.17, 15) is 4.79 Å². The van der Waals surface area contributed by atoms with Gasteiger partial charge in [0.2, 0.25) is 0 Å². The van der Waals surface area contributed by atoms with Crippen LogP contribution in [0.15, 0.2) is 43.0 Å². The fraction of sp³-hybridized carbons (Fsp3) is 0.526. The average Bonchev–Trinajstić information content (AvgIpc) is 2.54. The zero-order chi connectivity index (χ0) is 16.0. The molecule has 0 aliphatic carbocycles. The Morgan fingerprint density at radius 3 is 2.77 bits per heavy atom. The van der Waals surface area contributed by atoms with Gasteiger partial charge in [-0.3, -0.25) is 4.79 Å². The van der Waals surface area contributed by atoms with Gasteiger partial charge in [0.25, 0.3) is 0 Å². The van der Waals surface area contributed by atoms with E-state index < -0.39 is 5.41 Å². The third-order valence-electron chi connectivity index (χ3n) is 4.32. The molecule has 0 amide bonds. The Morgan fingerprint density at radius 1 is 1.36 bits per heavy atom. The Bertz CT molecular complexity index is 493. The first kappa shape index (κ1) is 16.8. The van der Waals surface area contributed by atoms with Crippen molar-refractivity contribution in [3.63, 3.8) is 0 Å². The number of benzene rings is 1. The lowest BCUT2D eigenvalue weighted by Gasteiger charge is -2.38. The highest BCUT2D eigenvalue weighted by atomic mass is 16.5. The summed E-state index contributed by atoms with van der Waals surface area (Å²) in [5, 5.41) is 0. The summed E-state index contributed by atoms with van der Waals surface area (Å²) >= 11 is 0. The summed E-state index contributed by atoms with van der Waals surface area (Å²) in [7, 11) is 0. The minimum absolute atomic E-state index is 0.0885. The molecule has 1 fully saturated rings. The predicted octanol–water partition coefficient (Wildman–Crippen LogP) is 4.27. The fourth-order valence-electron chi connectivity index (χ4n) is 2.83. The Balaban J connectivity index is 1.93. The van der Waals surface area contributed by atoms with Gasteiger partial charge in [-0.05, 0) is 45.1 Å². The Hall–Kier alpha value is -1.61. The van der Waals surface area contributed by atoms with Gasteiger partial charge in [-0.15, -0.1) is 6.58 Å². The summed E-state index contributed by atoms with van der Waals surface area (Å²) in [6, 6.07) is 9.75. The van der Waals surface area contributed by atoms with Crippen molar-refractivity contribution in [2.24, 2.45) is 5.41 Å². The molecular weight excluding hydrogens is 276 g/mol. The van der Waals surface area contributed by atoms with Gasteiger partial charge in [0.15, 0.2) is 0 Å². The minimum Gasteiger partial charge on any atom is -0.460 e. The number of esters is 1. The van der Waals surface area contributed by atoms with E-state index in [4.69, 9.17) is 9.47 Å². The molecule has 3 heteroatoms. The second-order valence-electron chi connectivity index (χ2n) is 6.49. The van der Waals surface area contributed by atoms with E-state index in [-0.39, 0.29) is 18.2 Å². The topological polar surface area (TPSA) is 35.5 Å². The molecule has 0 N–H and O–H groups in total. The van der Waals surface area contributed by atoms with Crippen LogP contribution >= 0.6 is 0 Å². The van der Waals surface area contributed by atoms with Crippen LogP contribution in [0.4, 0.5) is 0 Å². The van der Waals surface area contributed by atoms with E-state index in [1.807, 2.05) is 50.3 Å². The van der Waals surface area contributed by atoms with E-state index >= 15 is 0 Å². The molecule has 1 aromatic carbocycles. The van der Waals surface area contributed by atoms with Gasteiger partial charge in [-0.2, -0.15) is 0 Å². The molecule has 0 unspecified atom stereocenters. The zero-order valence-electron chi connectivity index (χ0n) is 13.6. The SMILES string of the molecule is C=CC[C@@H]1CCC[C@H](C(C)(C)C(=O)OCc2ccccc2)O1. The number of hydrogen-bond acceptors (Lipinski definition) is 3. The van der Waals surface area contributed by atoms with Gasteiger partial charge in [0.1, 0.15) is 6.61 Å².